The van der Waals surface area contributed by atoms with Gasteiger partial charge in [-0.3, -0.25) is 24.6 Å². The van der Waals surface area contributed by atoms with Crippen molar-refractivity contribution in [2.24, 2.45) is 11.3 Å². The Labute approximate surface area is 153 Å². The first-order chi connectivity index (χ1) is 12.3. The molecule has 1 aliphatic carbocycles. The van der Waals surface area contributed by atoms with Crippen molar-refractivity contribution >= 4 is 23.5 Å². The number of carbonyl (C=O) groups is 4. The van der Waals surface area contributed by atoms with E-state index in [-0.39, 0.29) is 17.7 Å². The lowest BCUT2D eigenvalue weighted by Gasteiger charge is -2.28. The van der Waals surface area contributed by atoms with Crippen LogP contribution in [0.15, 0.2) is 11.8 Å². The highest BCUT2D eigenvalue weighted by Gasteiger charge is 2.39. The van der Waals surface area contributed by atoms with E-state index in [1.54, 1.807) is 0 Å². The molecular weight excluding hydrogens is 334 g/mol. The van der Waals surface area contributed by atoms with Gasteiger partial charge in [0.1, 0.15) is 0 Å². The standard InChI is InChI=1S/C19H27N3O4/c1-19(2)10-13-8-9-15(23)22(13)21-18(26)16(24)14(11-19)20-17(25)12-6-4-3-5-7-12/h10,12,14H,3-9,11H2,1-2H3,(H,20,25)(H,21,26)/b13-10-. The summed E-state index contributed by atoms with van der Waals surface area (Å²) in [4.78, 5) is 49.6. The molecule has 0 aromatic carbocycles. The van der Waals surface area contributed by atoms with Gasteiger partial charge < -0.3 is 5.32 Å². The van der Waals surface area contributed by atoms with Crippen molar-refractivity contribution in [3.05, 3.63) is 11.8 Å². The van der Waals surface area contributed by atoms with Crippen LogP contribution in [0.1, 0.15) is 65.2 Å². The highest BCUT2D eigenvalue weighted by Crippen LogP contribution is 2.32. The zero-order valence-electron chi connectivity index (χ0n) is 15.5. The Balaban J connectivity index is 1.80. The molecule has 3 rings (SSSR count). The van der Waals surface area contributed by atoms with E-state index in [9.17, 15) is 19.2 Å². The SMILES string of the molecule is CC1(C)/C=C2/CCC(=O)N2NC(=O)C(=O)C(NC(=O)C2CCCCC2)C1. The van der Waals surface area contributed by atoms with Crippen molar-refractivity contribution in [3.8, 4) is 0 Å². The van der Waals surface area contributed by atoms with Crippen molar-refractivity contribution < 1.29 is 19.2 Å². The summed E-state index contributed by atoms with van der Waals surface area (Å²) in [5, 5.41) is 4.00. The van der Waals surface area contributed by atoms with Gasteiger partial charge in [0.25, 0.3) is 0 Å². The number of allylic oxidation sites excluding steroid dienone is 2. The minimum absolute atomic E-state index is 0.0848. The average molecular weight is 361 g/mol. The molecule has 0 aromatic rings. The molecule has 26 heavy (non-hydrogen) atoms. The average Bonchev–Trinajstić information content (AvgIpc) is 2.94. The zero-order chi connectivity index (χ0) is 18.9. The molecule has 3 amide bonds. The maximum atomic E-state index is 12.7. The topological polar surface area (TPSA) is 95.6 Å². The van der Waals surface area contributed by atoms with Crippen molar-refractivity contribution in [1.29, 1.82) is 0 Å². The number of nitrogens with zero attached hydrogens (tertiary/aromatic N) is 1. The summed E-state index contributed by atoms with van der Waals surface area (Å²) >= 11 is 0. The number of hydrogen-bond acceptors (Lipinski definition) is 4. The number of rotatable bonds is 2. The molecule has 1 saturated carbocycles. The second-order valence-electron chi connectivity index (χ2n) is 8.26. The fourth-order valence-electron chi connectivity index (χ4n) is 4.10. The van der Waals surface area contributed by atoms with Gasteiger partial charge >= 0.3 is 5.91 Å². The smallest absolute Gasteiger partial charge is 0.308 e. The minimum atomic E-state index is -0.883. The van der Waals surface area contributed by atoms with Crippen molar-refractivity contribution in [1.82, 2.24) is 15.8 Å². The molecule has 1 atom stereocenters. The lowest BCUT2D eigenvalue weighted by Crippen LogP contribution is -2.52. The normalized spacial score (nSPS) is 29.0. The zero-order valence-corrected chi connectivity index (χ0v) is 15.5. The van der Waals surface area contributed by atoms with Crippen molar-refractivity contribution in [2.45, 2.75) is 71.3 Å². The predicted octanol–water partition coefficient (Wildman–Crippen LogP) is 1.59. The molecule has 3 aliphatic rings. The largest absolute Gasteiger partial charge is 0.345 e. The Hall–Kier alpha value is -2.18. The maximum Gasteiger partial charge on any atom is 0.308 e. The Bertz CT molecular complexity index is 662. The molecule has 142 valence electrons. The molecule has 0 aromatic heterocycles. The third-order valence-corrected chi connectivity index (χ3v) is 5.47. The summed E-state index contributed by atoms with van der Waals surface area (Å²) in [5.74, 6) is -2.00. The van der Waals surface area contributed by atoms with Crippen LogP contribution < -0.4 is 10.7 Å². The molecule has 7 nitrogen and oxygen atoms in total. The predicted molar refractivity (Wildman–Crippen MR) is 94.2 cm³/mol. The van der Waals surface area contributed by atoms with Crippen LogP contribution in [0, 0.1) is 11.3 Å². The van der Waals surface area contributed by atoms with Crippen LogP contribution in [0.3, 0.4) is 0 Å². The van der Waals surface area contributed by atoms with Gasteiger partial charge in [0, 0.05) is 18.0 Å². The molecular formula is C19H27N3O4. The molecule has 7 heteroatoms. The lowest BCUT2D eigenvalue weighted by atomic mass is 9.82. The van der Waals surface area contributed by atoms with E-state index < -0.39 is 23.1 Å². The Morgan fingerprint density at radius 1 is 1.15 bits per heavy atom. The maximum absolute atomic E-state index is 12.7. The molecule has 1 saturated heterocycles. The second-order valence-corrected chi connectivity index (χ2v) is 8.26. The summed E-state index contributed by atoms with van der Waals surface area (Å²) in [6.07, 6.45) is 7.94. The number of hydrazine groups is 1. The second kappa shape index (κ2) is 7.21. The van der Waals surface area contributed by atoms with Crippen LogP contribution in [-0.4, -0.2) is 34.6 Å². The number of nitrogens with one attached hydrogen (secondary N) is 2. The molecule has 0 spiro atoms. The monoisotopic (exact) mass is 361 g/mol. The fourth-order valence-corrected chi connectivity index (χ4v) is 4.10. The Morgan fingerprint density at radius 2 is 1.85 bits per heavy atom. The highest BCUT2D eigenvalue weighted by molar-refractivity contribution is 6.38. The quantitative estimate of drug-likeness (QED) is 0.730. The van der Waals surface area contributed by atoms with Gasteiger partial charge in [-0.25, -0.2) is 5.01 Å². The minimum Gasteiger partial charge on any atom is -0.345 e. The molecule has 0 radical (unpaired) electrons. The number of ketones is 1. The lowest BCUT2D eigenvalue weighted by molar-refractivity contribution is -0.145. The molecule has 2 aliphatic heterocycles. The summed E-state index contributed by atoms with van der Waals surface area (Å²) in [5.41, 5.74) is 2.69. The van der Waals surface area contributed by atoms with E-state index in [0.717, 1.165) is 32.1 Å². The van der Waals surface area contributed by atoms with Crippen LogP contribution in [0.25, 0.3) is 0 Å². The van der Waals surface area contributed by atoms with Crippen LogP contribution >= 0.6 is 0 Å². The van der Waals surface area contributed by atoms with Gasteiger partial charge in [-0.05, 0) is 31.1 Å². The van der Waals surface area contributed by atoms with Crippen LogP contribution in [0.2, 0.25) is 0 Å². The van der Waals surface area contributed by atoms with E-state index in [0.29, 0.717) is 25.0 Å². The van der Waals surface area contributed by atoms with E-state index in [1.165, 1.54) is 5.01 Å². The van der Waals surface area contributed by atoms with Gasteiger partial charge in [-0.2, -0.15) is 0 Å². The Kier molecular flexibility index (Phi) is 5.16. The van der Waals surface area contributed by atoms with E-state index in [2.05, 4.69) is 10.7 Å². The first-order valence-corrected chi connectivity index (χ1v) is 9.47. The van der Waals surface area contributed by atoms with Crippen LogP contribution in [0.4, 0.5) is 0 Å². The van der Waals surface area contributed by atoms with E-state index >= 15 is 0 Å². The Morgan fingerprint density at radius 3 is 2.54 bits per heavy atom. The summed E-state index contributed by atoms with van der Waals surface area (Å²) < 4.78 is 0. The number of carbonyl (C=O) groups excluding carboxylic acids is 4. The molecule has 2 N–H and O–H groups in total. The van der Waals surface area contributed by atoms with Gasteiger partial charge in [0.15, 0.2) is 0 Å². The number of amides is 3. The third-order valence-electron chi connectivity index (χ3n) is 5.47. The summed E-state index contributed by atoms with van der Waals surface area (Å²) in [7, 11) is 0. The first-order valence-electron chi connectivity index (χ1n) is 9.47. The van der Waals surface area contributed by atoms with Gasteiger partial charge in [0.2, 0.25) is 17.6 Å². The van der Waals surface area contributed by atoms with Gasteiger partial charge in [-0.1, -0.05) is 39.2 Å². The molecule has 2 heterocycles. The van der Waals surface area contributed by atoms with E-state index in [1.807, 2.05) is 19.9 Å². The summed E-state index contributed by atoms with van der Waals surface area (Å²) in [6.45, 7) is 3.90. The fraction of sp³-hybridized carbons (Fsp3) is 0.684. The number of hydrogen-bond donors (Lipinski definition) is 2. The van der Waals surface area contributed by atoms with Crippen LogP contribution in [-0.2, 0) is 19.2 Å². The van der Waals surface area contributed by atoms with Gasteiger partial charge in [0.05, 0.1) is 6.04 Å². The summed E-state index contributed by atoms with van der Waals surface area (Å²) in [6, 6.07) is -0.883. The number of fused-ring (bicyclic) bond motifs is 1. The van der Waals surface area contributed by atoms with Gasteiger partial charge in [-0.15, -0.1) is 0 Å². The molecule has 0 bridgehead atoms. The first kappa shape index (κ1) is 18.6. The molecule has 2 fully saturated rings. The molecule has 1 unspecified atom stereocenters. The van der Waals surface area contributed by atoms with E-state index in [4.69, 9.17) is 0 Å². The van der Waals surface area contributed by atoms with Crippen molar-refractivity contribution in [3.63, 3.8) is 0 Å². The highest BCUT2D eigenvalue weighted by atomic mass is 16.2. The number of Topliss-reactive ketones (excluding diaryl/α,β-unsaturated/α-hetero) is 1. The third kappa shape index (κ3) is 3.97. The van der Waals surface area contributed by atoms with Crippen molar-refractivity contribution in [2.75, 3.05) is 0 Å². The van der Waals surface area contributed by atoms with Crippen LogP contribution in [0.5, 0.6) is 0 Å².